The van der Waals surface area contributed by atoms with E-state index in [0.29, 0.717) is 6.61 Å². The molecule has 0 atom stereocenters. The standard InChI is InChI=1S/C8H5ClF3O/c9-7-2-1-5(4-13)3-6(7)8(10,11)12/h1-4,13H. The molecule has 0 aromatic heterocycles. The lowest BCUT2D eigenvalue weighted by Gasteiger charge is -2.09. The molecule has 0 amide bonds. The van der Waals surface area contributed by atoms with Gasteiger partial charge in [-0.2, -0.15) is 13.2 Å². The molecular formula is C8H5ClF3O. The molecule has 0 aliphatic heterocycles. The second-order valence-electron chi connectivity index (χ2n) is 2.37. The maximum absolute atomic E-state index is 12.2. The summed E-state index contributed by atoms with van der Waals surface area (Å²) >= 11 is 5.32. The van der Waals surface area contributed by atoms with Crippen LogP contribution in [0.15, 0.2) is 18.2 Å². The Kier molecular flexibility index (Phi) is 2.83. The zero-order valence-electron chi connectivity index (χ0n) is 6.27. The summed E-state index contributed by atoms with van der Waals surface area (Å²) in [7, 11) is 0. The van der Waals surface area contributed by atoms with Gasteiger partial charge in [-0.25, -0.2) is 0 Å². The smallest absolute Gasteiger partial charge is 0.385 e. The van der Waals surface area contributed by atoms with Gasteiger partial charge in [0.25, 0.3) is 0 Å². The summed E-state index contributed by atoms with van der Waals surface area (Å²) in [5.74, 6) is 0. The first kappa shape index (κ1) is 10.3. The second kappa shape index (κ2) is 3.55. The molecule has 0 aliphatic carbocycles. The van der Waals surface area contributed by atoms with Gasteiger partial charge in [-0.3, -0.25) is 0 Å². The molecule has 0 spiro atoms. The van der Waals surface area contributed by atoms with Crippen molar-refractivity contribution in [1.82, 2.24) is 0 Å². The summed E-state index contributed by atoms with van der Waals surface area (Å²) in [5, 5.41) is 8.11. The van der Waals surface area contributed by atoms with Crippen LogP contribution in [0.4, 0.5) is 13.2 Å². The molecule has 5 heteroatoms. The largest absolute Gasteiger partial charge is 0.417 e. The van der Waals surface area contributed by atoms with Crippen LogP contribution in [0.2, 0.25) is 5.02 Å². The van der Waals surface area contributed by atoms with Crippen LogP contribution < -0.4 is 0 Å². The zero-order valence-corrected chi connectivity index (χ0v) is 7.02. The SMILES string of the molecule is O[CH]c1ccc(Cl)c(C(F)(F)F)c1. The molecule has 0 saturated heterocycles. The molecule has 1 N–H and O–H groups in total. The van der Waals surface area contributed by atoms with Gasteiger partial charge in [0.05, 0.1) is 10.6 Å². The third-order valence-corrected chi connectivity index (χ3v) is 1.77. The van der Waals surface area contributed by atoms with Crippen LogP contribution in [0.3, 0.4) is 0 Å². The number of aliphatic hydroxyl groups is 1. The van der Waals surface area contributed by atoms with Crippen LogP contribution in [-0.2, 0) is 6.18 Å². The highest BCUT2D eigenvalue weighted by Crippen LogP contribution is 2.35. The van der Waals surface area contributed by atoms with E-state index in [9.17, 15) is 13.2 Å². The monoisotopic (exact) mass is 209 g/mol. The number of alkyl halides is 3. The first-order chi connectivity index (χ1) is 5.95. The molecular weight excluding hydrogens is 205 g/mol. The molecule has 1 nitrogen and oxygen atoms in total. The fourth-order valence-electron chi connectivity index (χ4n) is 0.840. The van der Waals surface area contributed by atoms with Crippen molar-refractivity contribution in [2.45, 2.75) is 6.18 Å². The predicted molar refractivity (Wildman–Crippen MR) is 41.8 cm³/mol. The summed E-state index contributed by atoms with van der Waals surface area (Å²) < 4.78 is 36.6. The Morgan fingerprint density at radius 2 is 1.92 bits per heavy atom. The Morgan fingerprint density at radius 3 is 2.38 bits per heavy atom. The lowest BCUT2D eigenvalue weighted by Crippen LogP contribution is -2.06. The van der Waals surface area contributed by atoms with E-state index in [4.69, 9.17) is 16.7 Å². The third kappa shape index (κ3) is 2.35. The fraction of sp³-hybridized carbons (Fsp3) is 0.125. The van der Waals surface area contributed by atoms with Crippen molar-refractivity contribution in [2.75, 3.05) is 0 Å². The van der Waals surface area contributed by atoms with Crippen molar-refractivity contribution in [3.8, 4) is 0 Å². The van der Waals surface area contributed by atoms with Crippen molar-refractivity contribution in [2.24, 2.45) is 0 Å². The summed E-state index contributed by atoms with van der Waals surface area (Å²) in [6.07, 6.45) is -4.49. The van der Waals surface area contributed by atoms with Gasteiger partial charge < -0.3 is 5.11 Å². The number of halogens is 4. The molecule has 0 bridgehead atoms. The minimum absolute atomic E-state index is 0.0664. The summed E-state index contributed by atoms with van der Waals surface area (Å²) in [6, 6.07) is 3.16. The molecule has 1 aromatic rings. The average Bonchev–Trinajstić information content (AvgIpc) is 2.03. The van der Waals surface area contributed by atoms with Crippen molar-refractivity contribution in [3.05, 3.63) is 41.0 Å². The van der Waals surface area contributed by atoms with Crippen molar-refractivity contribution >= 4 is 11.6 Å². The number of hydrogen-bond donors (Lipinski definition) is 1. The maximum atomic E-state index is 12.2. The van der Waals surface area contributed by atoms with Crippen LogP contribution in [0.5, 0.6) is 0 Å². The Labute approximate surface area is 77.8 Å². The van der Waals surface area contributed by atoms with Gasteiger partial charge in [-0.05, 0) is 17.7 Å². The van der Waals surface area contributed by atoms with E-state index in [0.717, 1.165) is 12.1 Å². The van der Waals surface area contributed by atoms with E-state index in [1.165, 1.54) is 6.07 Å². The first-order valence-corrected chi connectivity index (χ1v) is 3.67. The van der Waals surface area contributed by atoms with Crippen LogP contribution >= 0.6 is 11.6 Å². The molecule has 1 radical (unpaired) electrons. The summed E-state index contributed by atoms with van der Waals surface area (Å²) in [6.45, 7) is 0.589. The average molecular weight is 210 g/mol. The number of aliphatic hydroxyl groups excluding tert-OH is 1. The van der Waals surface area contributed by atoms with E-state index >= 15 is 0 Å². The van der Waals surface area contributed by atoms with Crippen LogP contribution in [0.25, 0.3) is 0 Å². The molecule has 0 unspecified atom stereocenters. The molecule has 71 valence electrons. The fourth-order valence-corrected chi connectivity index (χ4v) is 1.07. The minimum Gasteiger partial charge on any atom is -0.385 e. The highest BCUT2D eigenvalue weighted by molar-refractivity contribution is 6.31. The zero-order chi connectivity index (χ0) is 10.1. The summed E-state index contributed by atoms with van der Waals surface area (Å²) in [4.78, 5) is 0. The lowest BCUT2D eigenvalue weighted by atomic mass is 10.1. The number of hydrogen-bond acceptors (Lipinski definition) is 1. The minimum atomic E-state index is -4.49. The first-order valence-electron chi connectivity index (χ1n) is 3.29. The van der Waals surface area contributed by atoms with E-state index in [1.54, 1.807) is 0 Å². The van der Waals surface area contributed by atoms with E-state index in [2.05, 4.69) is 0 Å². The Morgan fingerprint density at radius 1 is 1.31 bits per heavy atom. The molecule has 13 heavy (non-hydrogen) atoms. The van der Waals surface area contributed by atoms with Gasteiger partial charge in [0.1, 0.15) is 6.61 Å². The Balaban J connectivity index is 3.19. The van der Waals surface area contributed by atoms with Crippen molar-refractivity contribution in [1.29, 1.82) is 0 Å². The molecule has 0 heterocycles. The van der Waals surface area contributed by atoms with Gasteiger partial charge in [0.2, 0.25) is 0 Å². The Bertz CT molecular complexity index is 309. The lowest BCUT2D eigenvalue weighted by molar-refractivity contribution is -0.137. The molecule has 0 aliphatic rings. The van der Waals surface area contributed by atoms with Gasteiger partial charge in [-0.15, -0.1) is 0 Å². The van der Waals surface area contributed by atoms with Crippen LogP contribution in [-0.4, -0.2) is 5.11 Å². The van der Waals surface area contributed by atoms with E-state index < -0.39 is 11.7 Å². The molecule has 0 saturated carbocycles. The van der Waals surface area contributed by atoms with Crippen LogP contribution in [0.1, 0.15) is 11.1 Å². The van der Waals surface area contributed by atoms with E-state index in [-0.39, 0.29) is 10.6 Å². The predicted octanol–water partition coefficient (Wildman–Crippen LogP) is 3.24. The quantitative estimate of drug-likeness (QED) is 0.753. The normalized spacial score (nSPS) is 11.8. The topological polar surface area (TPSA) is 20.2 Å². The van der Waals surface area contributed by atoms with Crippen molar-refractivity contribution < 1.29 is 18.3 Å². The molecule has 1 aromatic carbocycles. The van der Waals surface area contributed by atoms with Gasteiger partial charge in [0, 0.05) is 0 Å². The van der Waals surface area contributed by atoms with Crippen LogP contribution in [0, 0.1) is 6.61 Å². The highest BCUT2D eigenvalue weighted by atomic mass is 35.5. The van der Waals surface area contributed by atoms with Gasteiger partial charge in [0.15, 0.2) is 0 Å². The molecule has 1 rings (SSSR count). The van der Waals surface area contributed by atoms with E-state index in [1.807, 2.05) is 0 Å². The molecule has 0 fully saturated rings. The third-order valence-electron chi connectivity index (χ3n) is 1.44. The second-order valence-corrected chi connectivity index (χ2v) is 2.77. The number of rotatable bonds is 1. The summed E-state index contributed by atoms with van der Waals surface area (Å²) in [5.41, 5.74) is -0.881. The highest BCUT2D eigenvalue weighted by Gasteiger charge is 2.33. The van der Waals surface area contributed by atoms with Crippen molar-refractivity contribution in [3.63, 3.8) is 0 Å². The maximum Gasteiger partial charge on any atom is 0.417 e. The van der Waals surface area contributed by atoms with Gasteiger partial charge >= 0.3 is 6.18 Å². The van der Waals surface area contributed by atoms with Gasteiger partial charge in [-0.1, -0.05) is 17.7 Å². The number of benzene rings is 1. The Hall–Kier alpha value is -0.740.